The first-order valence-electron chi connectivity index (χ1n) is 6.45. The third-order valence-electron chi connectivity index (χ3n) is 3.80. The summed E-state index contributed by atoms with van der Waals surface area (Å²) in [5.41, 5.74) is 3.83. The Kier molecular flexibility index (Phi) is 2.04. The number of hydrogen-bond donors (Lipinski definition) is 0. The van der Waals surface area contributed by atoms with Crippen LogP contribution in [0, 0.1) is 0 Å². The van der Waals surface area contributed by atoms with Crippen LogP contribution in [0.4, 0.5) is 0 Å². The maximum atomic E-state index is 4.62. The Morgan fingerprint density at radius 1 is 1.00 bits per heavy atom. The summed E-state index contributed by atoms with van der Waals surface area (Å²) < 4.78 is 2.29. The summed E-state index contributed by atoms with van der Waals surface area (Å²) in [4.78, 5) is 4.62. The molecule has 0 amide bonds. The van der Waals surface area contributed by atoms with Crippen molar-refractivity contribution in [3.05, 3.63) is 54.5 Å². The van der Waals surface area contributed by atoms with Crippen molar-refractivity contribution >= 4 is 10.8 Å². The van der Waals surface area contributed by atoms with E-state index in [9.17, 15) is 0 Å². The number of aromatic nitrogens is 2. The first kappa shape index (κ1) is 9.89. The normalized spacial score (nSPS) is 14.0. The summed E-state index contributed by atoms with van der Waals surface area (Å²) in [6.45, 7) is 1.12. The summed E-state index contributed by atoms with van der Waals surface area (Å²) >= 11 is 0. The van der Waals surface area contributed by atoms with Crippen molar-refractivity contribution in [2.75, 3.05) is 0 Å². The van der Waals surface area contributed by atoms with Gasteiger partial charge in [0.25, 0.3) is 0 Å². The van der Waals surface area contributed by atoms with Gasteiger partial charge in [-0.25, -0.2) is 4.98 Å². The standard InChI is InChI=1S/C16H14N2/c1-2-7-13-12(5-1)6-3-8-14(13)16-15-9-4-10-18(15)11-17-16/h1-3,5-8,11H,4,9-10H2. The molecule has 2 heterocycles. The Bertz CT molecular complexity index is 720. The Labute approximate surface area is 106 Å². The molecule has 0 saturated carbocycles. The van der Waals surface area contributed by atoms with E-state index in [1.807, 2.05) is 6.33 Å². The number of fused-ring (bicyclic) bond motifs is 2. The van der Waals surface area contributed by atoms with Crippen LogP contribution in [0.15, 0.2) is 48.8 Å². The van der Waals surface area contributed by atoms with Crippen LogP contribution < -0.4 is 0 Å². The van der Waals surface area contributed by atoms with Crippen LogP contribution in [0.3, 0.4) is 0 Å². The van der Waals surface area contributed by atoms with Crippen molar-refractivity contribution < 1.29 is 0 Å². The largest absolute Gasteiger partial charge is 0.334 e. The van der Waals surface area contributed by atoms with E-state index in [1.54, 1.807) is 0 Å². The van der Waals surface area contributed by atoms with Gasteiger partial charge in [0.2, 0.25) is 0 Å². The van der Waals surface area contributed by atoms with Crippen LogP contribution in [0.2, 0.25) is 0 Å². The van der Waals surface area contributed by atoms with Gasteiger partial charge in [0.05, 0.1) is 12.0 Å². The van der Waals surface area contributed by atoms with Gasteiger partial charge in [0.1, 0.15) is 0 Å². The molecule has 0 spiro atoms. The van der Waals surface area contributed by atoms with Crippen LogP contribution in [0.25, 0.3) is 22.0 Å². The van der Waals surface area contributed by atoms with Gasteiger partial charge in [-0.15, -0.1) is 0 Å². The van der Waals surface area contributed by atoms with E-state index in [2.05, 4.69) is 52.0 Å². The first-order valence-corrected chi connectivity index (χ1v) is 6.45. The van der Waals surface area contributed by atoms with Gasteiger partial charge in [-0.1, -0.05) is 42.5 Å². The highest BCUT2D eigenvalue weighted by molar-refractivity contribution is 5.96. The summed E-state index contributed by atoms with van der Waals surface area (Å²) in [5, 5.41) is 2.59. The molecule has 3 aromatic rings. The van der Waals surface area contributed by atoms with E-state index in [0.717, 1.165) is 13.0 Å². The zero-order valence-corrected chi connectivity index (χ0v) is 10.1. The second-order valence-electron chi connectivity index (χ2n) is 4.86. The number of benzene rings is 2. The predicted octanol–water partition coefficient (Wildman–Crippen LogP) is 3.65. The molecule has 1 aliphatic rings. The molecule has 4 rings (SSSR count). The summed E-state index contributed by atoms with van der Waals surface area (Å²) in [7, 11) is 0. The molecule has 18 heavy (non-hydrogen) atoms. The third kappa shape index (κ3) is 1.32. The lowest BCUT2D eigenvalue weighted by Gasteiger charge is -2.05. The molecule has 2 aromatic carbocycles. The Morgan fingerprint density at radius 3 is 2.89 bits per heavy atom. The zero-order valence-electron chi connectivity index (χ0n) is 10.1. The van der Waals surface area contributed by atoms with Crippen molar-refractivity contribution in [3.63, 3.8) is 0 Å². The maximum Gasteiger partial charge on any atom is 0.0956 e. The lowest BCUT2D eigenvalue weighted by molar-refractivity contribution is 0.741. The van der Waals surface area contributed by atoms with Crippen molar-refractivity contribution in [2.45, 2.75) is 19.4 Å². The highest BCUT2D eigenvalue weighted by atomic mass is 15.1. The number of aryl methyl sites for hydroxylation is 1. The van der Waals surface area contributed by atoms with Gasteiger partial charge in [-0.05, 0) is 23.6 Å². The topological polar surface area (TPSA) is 17.8 Å². The molecule has 2 heteroatoms. The molecule has 0 fully saturated rings. The minimum Gasteiger partial charge on any atom is -0.334 e. The van der Waals surface area contributed by atoms with Crippen molar-refractivity contribution in [2.24, 2.45) is 0 Å². The second-order valence-corrected chi connectivity index (χ2v) is 4.86. The Balaban J connectivity index is 2.02. The highest BCUT2D eigenvalue weighted by Crippen LogP contribution is 2.32. The van der Waals surface area contributed by atoms with Crippen LogP contribution in [0.1, 0.15) is 12.1 Å². The van der Waals surface area contributed by atoms with Gasteiger partial charge >= 0.3 is 0 Å². The van der Waals surface area contributed by atoms with Crippen LogP contribution >= 0.6 is 0 Å². The van der Waals surface area contributed by atoms with E-state index in [-0.39, 0.29) is 0 Å². The molecule has 0 unspecified atom stereocenters. The average molecular weight is 234 g/mol. The van der Waals surface area contributed by atoms with E-state index in [1.165, 1.54) is 34.1 Å². The maximum absolute atomic E-state index is 4.62. The molecule has 0 bridgehead atoms. The van der Waals surface area contributed by atoms with Crippen LogP contribution in [-0.2, 0) is 13.0 Å². The lowest BCUT2D eigenvalue weighted by Crippen LogP contribution is -1.89. The third-order valence-corrected chi connectivity index (χ3v) is 3.80. The van der Waals surface area contributed by atoms with Gasteiger partial charge in [0.15, 0.2) is 0 Å². The first-order chi connectivity index (χ1) is 8.93. The van der Waals surface area contributed by atoms with E-state index >= 15 is 0 Å². The molecule has 1 aliphatic heterocycles. The molecule has 2 nitrogen and oxygen atoms in total. The SMILES string of the molecule is c1ccc2c(-c3ncn4c3CCC4)cccc2c1. The van der Waals surface area contributed by atoms with E-state index in [0.29, 0.717) is 0 Å². The van der Waals surface area contributed by atoms with Crippen molar-refractivity contribution in [3.8, 4) is 11.3 Å². The van der Waals surface area contributed by atoms with Crippen molar-refractivity contribution in [1.29, 1.82) is 0 Å². The number of hydrogen-bond acceptors (Lipinski definition) is 1. The molecule has 0 N–H and O–H groups in total. The lowest BCUT2D eigenvalue weighted by atomic mass is 10.0. The number of rotatable bonds is 1. The fraction of sp³-hybridized carbons (Fsp3) is 0.188. The molecular formula is C16H14N2. The van der Waals surface area contributed by atoms with E-state index in [4.69, 9.17) is 0 Å². The number of nitrogens with zero attached hydrogens (tertiary/aromatic N) is 2. The monoisotopic (exact) mass is 234 g/mol. The molecule has 1 aromatic heterocycles. The molecule has 0 aliphatic carbocycles. The zero-order chi connectivity index (χ0) is 11.9. The van der Waals surface area contributed by atoms with Gasteiger partial charge in [-0.2, -0.15) is 0 Å². The molecule has 88 valence electrons. The smallest absolute Gasteiger partial charge is 0.0956 e. The summed E-state index contributed by atoms with van der Waals surface area (Å²) in [5.74, 6) is 0. The van der Waals surface area contributed by atoms with E-state index < -0.39 is 0 Å². The molecule has 0 saturated heterocycles. The van der Waals surface area contributed by atoms with Gasteiger partial charge in [0, 0.05) is 17.8 Å². The van der Waals surface area contributed by atoms with Gasteiger partial charge < -0.3 is 4.57 Å². The van der Waals surface area contributed by atoms with Crippen molar-refractivity contribution in [1.82, 2.24) is 9.55 Å². The molecular weight excluding hydrogens is 220 g/mol. The minimum absolute atomic E-state index is 1.12. The van der Waals surface area contributed by atoms with Crippen LogP contribution in [-0.4, -0.2) is 9.55 Å². The Morgan fingerprint density at radius 2 is 1.89 bits per heavy atom. The molecule has 0 atom stereocenters. The Hall–Kier alpha value is -2.09. The second kappa shape index (κ2) is 3.70. The highest BCUT2D eigenvalue weighted by Gasteiger charge is 2.18. The average Bonchev–Trinajstić information content (AvgIpc) is 3.01. The van der Waals surface area contributed by atoms with Crippen LogP contribution in [0.5, 0.6) is 0 Å². The quantitative estimate of drug-likeness (QED) is 0.628. The fourth-order valence-electron chi connectivity index (χ4n) is 2.94. The number of imidazole rings is 1. The molecule has 0 radical (unpaired) electrons. The summed E-state index contributed by atoms with van der Waals surface area (Å²) in [6.07, 6.45) is 4.38. The fourth-order valence-corrected chi connectivity index (χ4v) is 2.94. The van der Waals surface area contributed by atoms with Gasteiger partial charge in [-0.3, -0.25) is 0 Å². The summed E-state index contributed by atoms with van der Waals surface area (Å²) in [6, 6.07) is 15.0. The predicted molar refractivity (Wildman–Crippen MR) is 73.5 cm³/mol. The minimum atomic E-state index is 1.12.